The third-order valence-electron chi connectivity index (χ3n) is 4.27. The molecule has 0 bridgehead atoms. The molecule has 3 N–H and O–H groups in total. The first-order valence-electron chi connectivity index (χ1n) is 8.02. The van der Waals surface area contributed by atoms with Gasteiger partial charge >= 0.3 is 0 Å². The fourth-order valence-corrected chi connectivity index (χ4v) is 3.68. The summed E-state index contributed by atoms with van der Waals surface area (Å²) in [5.41, 5.74) is 6.40. The Labute approximate surface area is 145 Å². The number of likely N-dealkylation sites (tertiary alicyclic amines) is 1. The quantitative estimate of drug-likeness (QED) is 0.870. The molecule has 0 unspecified atom stereocenters. The van der Waals surface area contributed by atoms with E-state index in [1.54, 1.807) is 7.11 Å². The molecule has 0 spiro atoms. The topological polar surface area (TPSA) is 80.5 Å². The molecule has 2 heterocycles. The summed E-state index contributed by atoms with van der Waals surface area (Å²) in [5.74, 6) is 0.796. The monoisotopic (exact) mass is 346 g/mol. The minimum atomic E-state index is 0.0395. The summed E-state index contributed by atoms with van der Waals surface area (Å²) in [7, 11) is 1.61. The van der Waals surface area contributed by atoms with Crippen molar-refractivity contribution in [2.75, 3.05) is 31.2 Å². The highest BCUT2D eigenvalue weighted by molar-refractivity contribution is 7.15. The van der Waals surface area contributed by atoms with Gasteiger partial charge in [0.1, 0.15) is 5.75 Å². The van der Waals surface area contributed by atoms with Gasteiger partial charge in [0.05, 0.1) is 12.8 Å². The molecule has 6 nitrogen and oxygen atoms in total. The molecule has 0 aliphatic carbocycles. The number of amides is 1. The second-order valence-electron chi connectivity index (χ2n) is 5.90. The largest absolute Gasteiger partial charge is 0.495 e. The lowest BCUT2D eigenvalue weighted by Crippen LogP contribution is -2.37. The predicted octanol–water partition coefficient (Wildman–Crippen LogP) is 2.58. The third kappa shape index (κ3) is 4.04. The van der Waals surface area contributed by atoms with Crippen LogP contribution in [0.5, 0.6) is 5.75 Å². The summed E-state index contributed by atoms with van der Waals surface area (Å²) >= 11 is 1.53. The van der Waals surface area contributed by atoms with Gasteiger partial charge in [0.15, 0.2) is 5.13 Å². The van der Waals surface area contributed by atoms with Gasteiger partial charge in [0.25, 0.3) is 0 Å². The van der Waals surface area contributed by atoms with E-state index in [4.69, 9.17) is 10.5 Å². The van der Waals surface area contributed by atoms with Crippen LogP contribution in [0.2, 0.25) is 0 Å². The first-order valence-corrected chi connectivity index (χ1v) is 8.84. The van der Waals surface area contributed by atoms with Crippen LogP contribution in [0.25, 0.3) is 0 Å². The third-order valence-corrected chi connectivity index (χ3v) is 5.09. The molecule has 1 fully saturated rings. The number of rotatable bonds is 5. The minimum Gasteiger partial charge on any atom is -0.495 e. The Morgan fingerprint density at radius 1 is 1.42 bits per heavy atom. The van der Waals surface area contributed by atoms with Gasteiger partial charge in [-0.15, -0.1) is 11.3 Å². The van der Waals surface area contributed by atoms with Crippen molar-refractivity contribution in [3.05, 3.63) is 35.3 Å². The van der Waals surface area contributed by atoms with E-state index in [0.717, 1.165) is 38.2 Å². The van der Waals surface area contributed by atoms with E-state index in [2.05, 4.69) is 15.2 Å². The van der Waals surface area contributed by atoms with Crippen LogP contribution in [0.1, 0.15) is 17.7 Å². The van der Waals surface area contributed by atoms with Crippen molar-refractivity contribution in [1.82, 2.24) is 9.88 Å². The van der Waals surface area contributed by atoms with Crippen LogP contribution < -0.4 is 15.8 Å². The van der Waals surface area contributed by atoms with Gasteiger partial charge in [-0.3, -0.25) is 9.69 Å². The van der Waals surface area contributed by atoms with Crippen molar-refractivity contribution in [2.45, 2.75) is 19.4 Å². The van der Waals surface area contributed by atoms with Crippen LogP contribution in [0.3, 0.4) is 0 Å². The number of ether oxygens (including phenoxy) is 1. The Morgan fingerprint density at radius 3 is 2.83 bits per heavy atom. The number of hydrogen-bond donors (Lipinski definition) is 2. The first kappa shape index (κ1) is 16.7. The molecule has 1 saturated heterocycles. The number of carbonyl (C=O) groups is 1. The summed E-state index contributed by atoms with van der Waals surface area (Å²) in [4.78, 5) is 20.1. The summed E-state index contributed by atoms with van der Waals surface area (Å²) < 4.78 is 5.28. The molecule has 1 amide bonds. The highest BCUT2D eigenvalue weighted by atomic mass is 32.1. The fourth-order valence-electron chi connectivity index (χ4n) is 2.95. The number of methoxy groups -OCH3 is 1. The SMILES string of the molecule is COc1ccccc1NC(=O)C1CCN(Cc2cnc(N)s2)CC1. The Hall–Kier alpha value is -2.12. The van der Waals surface area contributed by atoms with Gasteiger partial charge in [-0.2, -0.15) is 0 Å². The van der Waals surface area contributed by atoms with Crippen molar-refractivity contribution in [3.8, 4) is 5.75 Å². The van der Waals surface area contributed by atoms with Crippen LogP contribution in [-0.2, 0) is 11.3 Å². The lowest BCUT2D eigenvalue weighted by atomic mass is 9.95. The van der Waals surface area contributed by atoms with Crippen molar-refractivity contribution in [3.63, 3.8) is 0 Å². The molecule has 1 aromatic carbocycles. The lowest BCUT2D eigenvalue weighted by molar-refractivity contribution is -0.121. The number of aromatic nitrogens is 1. The zero-order valence-corrected chi connectivity index (χ0v) is 14.5. The molecule has 24 heavy (non-hydrogen) atoms. The van der Waals surface area contributed by atoms with E-state index in [1.807, 2.05) is 30.5 Å². The van der Waals surface area contributed by atoms with E-state index in [1.165, 1.54) is 16.2 Å². The maximum absolute atomic E-state index is 12.5. The number of piperidine rings is 1. The molecule has 0 radical (unpaired) electrons. The van der Waals surface area contributed by atoms with Crippen LogP contribution in [0.4, 0.5) is 10.8 Å². The number of carbonyl (C=O) groups excluding carboxylic acids is 1. The zero-order valence-electron chi connectivity index (χ0n) is 13.7. The average Bonchev–Trinajstić information content (AvgIpc) is 3.01. The fraction of sp³-hybridized carbons (Fsp3) is 0.412. The van der Waals surface area contributed by atoms with Gasteiger partial charge < -0.3 is 15.8 Å². The minimum absolute atomic E-state index is 0.0395. The number of nitrogens with one attached hydrogen (secondary N) is 1. The number of para-hydroxylation sites is 2. The molecular formula is C17H22N4O2S. The van der Waals surface area contributed by atoms with Crippen LogP contribution in [-0.4, -0.2) is 36.0 Å². The number of thiazole rings is 1. The van der Waals surface area contributed by atoms with E-state index >= 15 is 0 Å². The summed E-state index contributed by atoms with van der Waals surface area (Å²) in [6.07, 6.45) is 3.55. The van der Waals surface area contributed by atoms with Crippen molar-refractivity contribution >= 4 is 28.1 Å². The zero-order chi connectivity index (χ0) is 16.9. The molecule has 0 atom stereocenters. The van der Waals surface area contributed by atoms with E-state index in [9.17, 15) is 4.79 Å². The smallest absolute Gasteiger partial charge is 0.227 e. The van der Waals surface area contributed by atoms with Crippen molar-refractivity contribution in [1.29, 1.82) is 0 Å². The molecule has 128 valence electrons. The molecule has 3 rings (SSSR count). The maximum Gasteiger partial charge on any atom is 0.227 e. The Kier molecular flexibility index (Phi) is 5.32. The second-order valence-corrected chi connectivity index (χ2v) is 7.05. The van der Waals surface area contributed by atoms with Crippen LogP contribution in [0.15, 0.2) is 30.5 Å². The Bertz CT molecular complexity index is 695. The molecule has 7 heteroatoms. The van der Waals surface area contributed by atoms with Crippen molar-refractivity contribution < 1.29 is 9.53 Å². The van der Waals surface area contributed by atoms with Gasteiger partial charge in [0.2, 0.25) is 5.91 Å². The number of anilines is 2. The Balaban J connectivity index is 1.51. The normalized spacial score (nSPS) is 16.0. The van der Waals surface area contributed by atoms with Crippen LogP contribution in [0, 0.1) is 5.92 Å². The number of nitrogens with zero attached hydrogens (tertiary/aromatic N) is 2. The number of nitrogen functional groups attached to an aromatic ring is 1. The standard InChI is InChI=1S/C17H22N4O2S/c1-23-15-5-3-2-4-14(15)20-16(22)12-6-8-21(9-7-12)11-13-10-19-17(18)24-13/h2-5,10,12H,6-9,11H2,1H3,(H2,18,19)(H,20,22). The molecule has 2 aromatic rings. The predicted molar refractivity (Wildman–Crippen MR) is 96.2 cm³/mol. The van der Waals surface area contributed by atoms with Gasteiger partial charge in [-0.05, 0) is 38.1 Å². The van der Waals surface area contributed by atoms with E-state index < -0.39 is 0 Å². The van der Waals surface area contributed by atoms with Crippen LogP contribution >= 0.6 is 11.3 Å². The molecule has 0 saturated carbocycles. The van der Waals surface area contributed by atoms with E-state index in [0.29, 0.717) is 10.9 Å². The average molecular weight is 346 g/mol. The number of nitrogens with two attached hydrogens (primary N) is 1. The first-order chi connectivity index (χ1) is 11.7. The van der Waals surface area contributed by atoms with E-state index in [-0.39, 0.29) is 11.8 Å². The lowest BCUT2D eigenvalue weighted by Gasteiger charge is -2.30. The summed E-state index contributed by atoms with van der Waals surface area (Å²) in [6.45, 7) is 2.67. The molecule has 1 aliphatic rings. The van der Waals surface area contributed by atoms with Crippen molar-refractivity contribution in [2.24, 2.45) is 5.92 Å². The highest BCUT2D eigenvalue weighted by Gasteiger charge is 2.25. The number of hydrogen-bond acceptors (Lipinski definition) is 6. The summed E-state index contributed by atoms with van der Waals surface area (Å²) in [5, 5.41) is 3.60. The van der Waals surface area contributed by atoms with Gasteiger partial charge in [-0.1, -0.05) is 12.1 Å². The van der Waals surface area contributed by atoms with Gasteiger partial charge in [-0.25, -0.2) is 4.98 Å². The second kappa shape index (κ2) is 7.63. The molecular weight excluding hydrogens is 324 g/mol. The maximum atomic E-state index is 12.5. The molecule has 1 aliphatic heterocycles. The highest BCUT2D eigenvalue weighted by Crippen LogP contribution is 2.26. The van der Waals surface area contributed by atoms with Gasteiger partial charge in [0, 0.05) is 23.5 Å². The molecule has 1 aromatic heterocycles. The summed E-state index contributed by atoms with van der Waals surface area (Å²) in [6, 6.07) is 7.49. The number of benzene rings is 1. The Morgan fingerprint density at radius 2 is 2.17 bits per heavy atom.